The van der Waals surface area contributed by atoms with Crippen molar-refractivity contribution in [3.63, 3.8) is 0 Å². The van der Waals surface area contributed by atoms with Crippen LogP contribution in [0.3, 0.4) is 0 Å². The van der Waals surface area contributed by atoms with Crippen molar-refractivity contribution in [1.82, 2.24) is 4.31 Å². The van der Waals surface area contributed by atoms with Gasteiger partial charge >= 0.3 is 0 Å². The predicted molar refractivity (Wildman–Crippen MR) is 96.4 cm³/mol. The van der Waals surface area contributed by atoms with Gasteiger partial charge in [-0.1, -0.05) is 49.7 Å². The Morgan fingerprint density at radius 3 is 2.39 bits per heavy atom. The van der Waals surface area contributed by atoms with Gasteiger partial charge in [-0.3, -0.25) is 0 Å². The van der Waals surface area contributed by atoms with Crippen LogP contribution in [0, 0.1) is 0 Å². The van der Waals surface area contributed by atoms with E-state index in [1.54, 1.807) is 4.31 Å². The van der Waals surface area contributed by atoms with Gasteiger partial charge in [0.15, 0.2) is 0 Å². The molecule has 124 valence electrons. The highest BCUT2D eigenvalue weighted by molar-refractivity contribution is 7.89. The standard InChI is InChI=1S/C18H24N2O2S/c1-2-3-15-23(21,22)20-13-11-19(12-14-20)18-10-6-8-16-7-4-5-9-17(16)18/h4-10H,2-3,11-15H2,1H3. The molecule has 0 radical (unpaired) electrons. The Morgan fingerprint density at radius 2 is 1.65 bits per heavy atom. The molecule has 0 bridgehead atoms. The summed E-state index contributed by atoms with van der Waals surface area (Å²) in [5.41, 5.74) is 1.20. The average molecular weight is 332 g/mol. The Labute approximate surface area is 138 Å². The quantitative estimate of drug-likeness (QED) is 0.845. The highest BCUT2D eigenvalue weighted by Crippen LogP contribution is 2.27. The minimum Gasteiger partial charge on any atom is -0.368 e. The van der Waals surface area contributed by atoms with E-state index in [4.69, 9.17) is 0 Å². The van der Waals surface area contributed by atoms with Crippen molar-refractivity contribution in [3.05, 3.63) is 42.5 Å². The topological polar surface area (TPSA) is 40.6 Å². The maximum Gasteiger partial charge on any atom is 0.214 e. The third-order valence-corrected chi connectivity index (χ3v) is 6.45. The van der Waals surface area contributed by atoms with Crippen LogP contribution in [0.2, 0.25) is 0 Å². The van der Waals surface area contributed by atoms with Crippen LogP contribution >= 0.6 is 0 Å². The molecular weight excluding hydrogens is 308 g/mol. The second-order valence-electron chi connectivity index (χ2n) is 6.05. The third-order valence-electron chi connectivity index (χ3n) is 4.50. The lowest BCUT2D eigenvalue weighted by Gasteiger charge is -2.36. The van der Waals surface area contributed by atoms with Gasteiger partial charge in [0.05, 0.1) is 5.75 Å². The van der Waals surface area contributed by atoms with Gasteiger partial charge in [0.1, 0.15) is 0 Å². The van der Waals surface area contributed by atoms with Crippen LogP contribution in [0.1, 0.15) is 19.8 Å². The summed E-state index contributed by atoms with van der Waals surface area (Å²) in [4.78, 5) is 2.30. The molecule has 0 unspecified atom stereocenters. The molecule has 0 aromatic heterocycles. The van der Waals surface area contributed by atoms with Crippen LogP contribution in [0.4, 0.5) is 5.69 Å². The Kier molecular flexibility index (Phi) is 4.87. The van der Waals surface area contributed by atoms with Crippen molar-refractivity contribution in [2.24, 2.45) is 0 Å². The van der Waals surface area contributed by atoms with Crippen LogP contribution in [0.5, 0.6) is 0 Å². The third kappa shape index (κ3) is 3.51. The summed E-state index contributed by atoms with van der Waals surface area (Å²) in [6.45, 7) is 4.68. The number of benzene rings is 2. The van der Waals surface area contributed by atoms with Crippen LogP contribution in [-0.4, -0.2) is 44.7 Å². The van der Waals surface area contributed by atoms with E-state index in [0.717, 1.165) is 25.9 Å². The number of sulfonamides is 1. The predicted octanol–water partition coefficient (Wildman–Crippen LogP) is 3.09. The van der Waals surface area contributed by atoms with Crippen molar-refractivity contribution < 1.29 is 8.42 Å². The van der Waals surface area contributed by atoms with Crippen molar-refractivity contribution in [2.75, 3.05) is 36.8 Å². The summed E-state index contributed by atoms with van der Waals surface area (Å²) in [7, 11) is -3.09. The first kappa shape index (κ1) is 16.3. The lowest BCUT2D eigenvalue weighted by Crippen LogP contribution is -2.49. The van der Waals surface area contributed by atoms with Gasteiger partial charge < -0.3 is 4.90 Å². The maximum absolute atomic E-state index is 12.3. The number of nitrogens with zero attached hydrogens (tertiary/aromatic N) is 2. The van der Waals surface area contributed by atoms with Crippen molar-refractivity contribution >= 4 is 26.5 Å². The summed E-state index contributed by atoms with van der Waals surface area (Å²) in [5.74, 6) is 0.276. The largest absolute Gasteiger partial charge is 0.368 e. The van der Waals surface area contributed by atoms with E-state index in [9.17, 15) is 8.42 Å². The Hall–Kier alpha value is -1.59. The van der Waals surface area contributed by atoms with Crippen LogP contribution in [-0.2, 0) is 10.0 Å². The fraction of sp³-hybridized carbons (Fsp3) is 0.444. The number of anilines is 1. The molecule has 3 rings (SSSR count). The van der Waals surface area contributed by atoms with E-state index in [0.29, 0.717) is 13.1 Å². The molecule has 0 aliphatic carbocycles. The molecule has 2 aromatic carbocycles. The molecule has 5 heteroatoms. The highest BCUT2D eigenvalue weighted by atomic mass is 32.2. The number of fused-ring (bicyclic) bond motifs is 1. The summed E-state index contributed by atoms with van der Waals surface area (Å²) >= 11 is 0. The summed E-state index contributed by atoms with van der Waals surface area (Å²) in [6.07, 6.45) is 1.65. The Morgan fingerprint density at radius 1 is 0.957 bits per heavy atom. The van der Waals surface area contributed by atoms with Gasteiger partial charge in [-0.2, -0.15) is 4.31 Å². The molecule has 4 nitrogen and oxygen atoms in total. The van der Waals surface area contributed by atoms with E-state index in [1.165, 1.54) is 16.5 Å². The SMILES string of the molecule is CCCCS(=O)(=O)N1CCN(c2cccc3ccccc23)CC1. The number of rotatable bonds is 5. The fourth-order valence-electron chi connectivity index (χ4n) is 3.15. The van der Waals surface area contributed by atoms with Crippen molar-refractivity contribution in [3.8, 4) is 0 Å². The van der Waals surface area contributed by atoms with E-state index in [2.05, 4.69) is 41.3 Å². The first-order chi connectivity index (χ1) is 11.1. The van der Waals surface area contributed by atoms with Gasteiger partial charge in [-0.25, -0.2) is 8.42 Å². The molecule has 0 saturated carbocycles. The molecule has 23 heavy (non-hydrogen) atoms. The first-order valence-corrected chi connectivity index (χ1v) is 9.93. The second kappa shape index (κ2) is 6.89. The minimum atomic E-state index is -3.09. The zero-order valence-electron chi connectivity index (χ0n) is 13.6. The number of unbranched alkanes of at least 4 members (excludes halogenated alkanes) is 1. The molecule has 1 saturated heterocycles. The van der Waals surface area contributed by atoms with Crippen LogP contribution in [0.15, 0.2) is 42.5 Å². The number of hydrogen-bond donors (Lipinski definition) is 0. The summed E-state index contributed by atoms with van der Waals surface area (Å²) < 4.78 is 26.3. The lowest BCUT2D eigenvalue weighted by atomic mass is 10.1. The van der Waals surface area contributed by atoms with E-state index < -0.39 is 10.0 Å². The molecule has 1 heterocycles. The smallest absolute Gasteiger partial charge is 0.214 e. The second-order valence-corrected chi connectivity index (χ2v) is 8.14. The number of piperazine rings is 1. The van der Waals surface area contributed by atoms with Gasteiger partial charge in [0.25, 0.3) is 0 Å². The van der Waals surface area contributed by atoms with Crippen molar-refractivity contribution in [2.45, 2.75) is 19.8 Å². The fourth-order valence-corrected chi connectivity index (χ4v) is 4.78. The van der Waals surface area contributed by atoms with Crippen LogP contribution < -0.4 is 4.90 Å². The van der Waals surface area contributed by atoms with Gasteiger partial charge in [-0.15, -0.1) is 0 Å². The molecule has 0 N–H and O–H groups in total. The average Bonchev–Trinajstić information content (AvgIpc) is 2.60. The normalized spacial score (nSPS) is 16.8. The molecule has 1 aliphatic rings. The molecule has 0 spiro atoms. The maximum atomic E-state index is 12.3. The highest BCUT2D eigenvalue weighted by Gasteiger charge is 2.26. The Bertz CT molecular complexity index is 760. The van der Waals surface area contributed by atoms with E-state index in [-0.39, 0.29) is 5.75 Å². The zero-order valence-corrected chi connectivity index (χ0v) is 14.4. The van der Waals surface area contributed by atoms with Gasteiger partial charge in [0.2, 0.25) is 10.0 Å². The summed E-state index contributed by atoms with van der Waals surface area (Å²) in [5, 5.41) is 2.46. The zero-order chi connectivity index (χ0) is 16.3. The van der Waals surface area contributed by atoms with Gasteiger partial charge in [0, 0.05) is 37.3 Å². The van der Waals surface area contributed by atoms with Gasteiger partial charge in [-0.05, 0) is 17.9 Å². The summed E-state index contributed by atoms with van der Waals surface area (Å²) in [6, 6.07) is 14.7. The molecule has 1 fully saturated rings. The monoisotopic (exact) mass is 332 g/mol. The van der Waals surface area contributed by atoms with Crippen LogP contribution in [0.25, 0.3) is 10.8 Å². The molecule has 0 atom stereocenters. The first-order valence-electron chi connectivity index (χ1n) is 8.32. The molecule has 2 aromatic rings. The lowest BCUT2D eigenvalue weighted by molar-refractivity contribution is 0.384. The Balaban J connectivity index is 1.74. The molecular formula is C18H24N2O2S. The molecule has 1 aliphatic heterocycles. The molecule has 0 amide bonds. The minimum absolute atomic E-state index is 0.276. The van der Waals surface area contributed by atoms with E-state index >= 15 is 0 Å². The van der Waals surface area contributed by atoms with E-state index in [1.807, 2.05) is 13.0 Å². The van der Waals surface area contributed by atoms with Crippen molar-refractivity contribution in [1.29, 1.82) is 0 Å². The number of hydrogen-bond acceptors (Lipinski definition) is 3.